The van der Waals surface area contributed by atoms with E-state index < -0.39 is 0 Å². The van der Waals surface area contributed by atoms with Gasteiger partial charge in [-0.1, -0.05) is 6.92 Å². The van der Waals surface area contributed by atoms with E-state index in [1.165, 1.54) is 11.3 Å². The topological polar surface area (TPSA) is 20.3 Å². The van der Waals surface area contributed by atoms with Crippen molar-refractivity contribution in [2.45, 2.75) is 32.6 Å². The zero-order chi connectivity index (χ0) is 11.5. The van der Waals surface area contributed by atoms with Crippen LogP contribution in [0.1, 0.15) is 41.4 Å². The predicted octanol–water partition coefficient (Wildman–Crippen LogP) is 3.70. The Kier molecular flexibility index (Phi) is 4.03. The molecule has 0 atom stereocenters. The van der Waals surface area contributed by atoms with Crippen LogP contribution in [0.4, 0.5) is 0 Å². The van der Waals surface area contributed by atoms with Crippen molar-refractivity contribution in [3.63, 3.8) is 0 Å². The average molecular weight is 302 g/mol. The van der Waals surface area contributed by atoms with Crippen LogP contribution in [-0.4, -0.2) is 23.9 Å². The van der Waals surface area contributed by atoms with Crippen LogP contribution in [0.5, 0.6) is 0 Å². The molecule has 0 bridgehead atoms. The molecule has 0 radical (unpaired) electrons. The fraction of sp³-hybridized carbons (Fsp3) is 0.583. The second-order valence-electron chi connectivity index (χ2n) is 4.11. The Labute approximate surface area is 109 Å². The van der Waals surface area contributed by atoms with Crippen molar-refractivity contribution >= 4 is 33.2 Å². The summed E-state index contributed by atoms with van der Waals surface area (Å²) in [4.78, 5) is 15.5. The molecular formula is C12H16BrNOS. The molecule has 16 heavy (non-hydrogen) atoms. The molecule has 1 fully saturated rings. The van der Waals surface area contributed by atoms with Crippen molar-refractivity contribution in [3.8, 4) is 0 Å². The highest BCUT2D eigenvalue weighted by atomic mass is 79.9. The summed E-state index contributed by atoms with van der Waals surface area (Å²) in [7, 11) is 0. The number of amides is 1. The Morgan fingerprint density at radius 2 is 2.12 bits per heavy atom. The van der Waals surface area contributed by atoms with E-state index >= 15 is 0 Å². The van der Waals surface area contributed by atoms with Gasteiger partial charge in [0.25, 0.3) is 5.91 Å². The standard InChI is InChI=1S/C12H16BrNOS/c1-2-9-8-10(11(13)16-9)12(15)14-6-4-3-5-7-14/h8H,2-7H2,1H3. The minimum absolute atomic E-state index is 0.197. The first-order valence-electron chi connectivity index (χ1n) is 5.80. The molecular weight excluding hydrogens is 286 g/mol. The van der Waals surface area contributed by atoms with Crippen molar-refractivity contribution in [1.29, 1.82) is 0 Å². The third kappa shape index (κ3) is 2.48. The molecule has 2 rings (SSSR count). The van der Waals surface area contributed by atoms with E-state index in [4.69, 9.17) is 0 Å². The number of aryl methyl sites for hydroxylation is 1. The number of carbonyl (C=O) groups is 1. The Morgan fingerprint density at radius 1 is 1.44 bits per heavy atom. The average Bonchev–Trinajstić information content (AvgIpc) is 2.71. The summed E-state index contributed by atoms with van der Waals surface area (Å²) in [5, 5.41) is 0. The molecule has 0 unspecified atom stereocenters. The van der Waals surface area contributed by atoms with Crippen LogP contribution in [0.15, 0.2) is 9.85 Å². The maximum absolute atomic E-state index is 12.3. The molecule has 1 aliphatic rings. The van der Waals surface area contributed by atoms with E-state index in [-0.39, 0.29) is 5.91 Å². The van der Waals surface area contributed by atoms with Gasteiger partial charge in [0.2, 0.25) is 0 Å². The minimum Gasteiger partial charge on any atom is -0.339 e. The zero-order valence-corrected chi connectivity index (χ0v) is 11.9. The molecule has 0 aliphatic carbocycles. The van der Waals surface area contributed by atoms with E-state index in [1.54, 1.807) is 11.3 Å². The summed E-state index contributed by atoms with van der Waals surface area (Å²) in [5.41, 5.74) is 0.851. The number of nitrogens with zero attached hydrogens (tertiary/aromatic N) is 1. The first-order chi connectivity index (χ1) is 7.72. The van der Waals surface area contributed by atoms with Crippen LogP contribution >= 0.6 is 27.3 Å². The van der Waals surface area contributed by atoms with Gasteiger partial charge in [0.15, 0.2) is 0 Å². The van der Waals surface area contributed by atoms with Gasteiger partial charge in [-0.15, -0.1) is 11.3 Å². The molecule has 1 saturated heterocycles. The van der Waals surface area contributed by atoms with Crippen LogP contribution in [0.25, 0.3) is 0 Å². The lowest BCUT2D eigenvalue weighted by Gasteiger charge is -2.26. The van der Waals surface area contributed by atoms with E-state index in [2.05, 4.69) is 22.9 Å². The molecule has 1 aromatic heterocycles. The summed E-state index contributed by atoms with van der Waals surface area (Å²) >= 11 is 5.17. The summed E-state index contributed by atoms with van der Waals surface area (Å²) in [6.45, 7) is 3.96. The fourth-order valence-electron chi connectivity index (χ4n) is 2.00. The van der Waals surface area contributed by atoms with Gasteiger partial charge < -0.3 is 4.90 Å². The molecule has 1 aromatic rings. The molecule has 1 amide bonds. The van der Waals surface area contributed by atoms with Crippen molar-refractivity contribution in [2.24, 2.45) is 0 Å². The van der Waals surface area contributed by atoms with Gasteiger partial charge in [-0.05, 0) is 47.7 Å². The van der Waals surface area contributed by atoms with Crippen LogP contribution < -0.4 is 0 Å². The number of likely N-dealkylation sites (tertiary alicyclic amines) is 1. The van der Waals surface area contributed by atoms with Gasteiger partial charge in [-0.3, -0.25) is 4.79 Å². The second-order valence-corrected chi connectivity index (χ2v) is 6.56. The second kappa shape index (κ2) is 5.32. The molecule has 4 heteroatoms. The molecule has 0 spiro atoms. The van der Waals surface area contributed by atoms with Crippen molar-refractivity contribution in [2.75, 3.05) is 13.1 Å². The maximum atomic E-state index is 12.3. The lowest BCUT2D eigenvalue weighted by Crippen LogP contribution is -2.35. The number of carbonyl (C=O) groups excluding carboxylic acids is 1. The van der Waals surface area contributed by atoms with Gasteiger partial charge in [0.1, 0.15) is 0 Å². The maximum Gasteiger partial charge on any atom is 0.255 e. The third-order valence-corrected chi connectivity index (χ3v) is 4.94. The lowest BCUT2D eigenvalue weighted by atomic mass is 10.1. The highest BCUT2D eigenvalue weighted by molar-refractivity contribution is 9.11. The molecule has 88 valence electrons. The van der Waals surface area contributed by atoms with Crippen molar-refractivity contribution < 1.29 is 4.79 Å². The van der Waals surface area contributed by atoms with Crippen LogP contribution in [0.2, 0.25) is 0 Å². The molecule has 2 nitrogen and oxygen atoms in total. The lowest BCUT2D eigenvalue weighted by molar-refractivity contribution is 0.0724. The van der Waals surface area contributed by atoms with E-state index in [0.717, 1.165) is 41.7 Å². The number of halogens is 1. The summed E-state index contributed by atoms with van der Waals surface area (Å²) in [5.74, 6) is 0.197. The highest BCUT2D eigenvalue weighted by Gasteiger charge is 2.21. The normalized spacial score (nSPS) is 16.5. The van der Waals surface area contributed by atoms with Gasteiger partial charge in [-0.2, -0.15) is 0 Å². The molecule has 0 N–H and O–H groups in total. The number of hydrogen-bond acceptors (Lipinski definition) is 2. The quantitative estimate of drug-likeness (QED) is 0.815. The summed E-state index contributed by atoms with van der Waals surface area (Å²) in [6.07, 6.45) is 4.55. The van der Waals surface area contributed by atoms with Crippen molar-refractivity contribution in [3.05, 3.63) is 20.3 Å². The zero-order valence-electron chi connectivity index (χ0n) is 9.46. The number of hydrogen-bond donors (Lipinski definition) is 0. The Morgan fingerprint density at radius 3 is 2.69 bits per heavy atom. The predicted molar refractivity (Wildman–Crippen MR) is 71.2 cm³/mol. The highest BCUT2D eigenvalue weighted by Crippen LogP contribution is 2.30. The van der Waals surface area contributed by atoms with Crippen LogP contribution in [0.3, 0.4) is 0 Å². The Bertz CT molecular complexity index is 382. The monoisotopic (exact) mass is 301 g/mol. The third-order valence-electron chi connectivity index (χ3n) is 2.96. The summed E-state index contributed by atoms with van der Waals surface area (Å²) < 4.78 is 0.986. The SMILES string of the molecule is CCc1cc(C(=O)N2CCCCC2)c(Br)s1. The molecule has 2 heterocycles. The fourth-order valence-corrected chi connectivity index (χ4v) is 3.72. The largest absolute Gasteiger partial charge is 0.339 e. The van der Waals surface area contributed by atoms with Gasteiger partial charge in [0, 0.05) is 18.0 Å². The Balaban J connectivity index is 2.15. The molecule has 0 aromatic carbocycles. The number of rotatable bonds is 2. The number of piperidine rings is 1. The molecule has 0 saturated carbocycles. The minimum atomic E-state index is 0.197. The van der Waals surface area contributed by atoms with Crippen LogP contribution in [-0.2, 0) is 6.42 Å². The van der Waals surface area contributed by atoms with E-state index in [0.29, 0.717) is 0 Å². The number of thiophene rings is 1. The van der Waals surface area contributed by atoms with Gasteiger partial charge in [0.05, 0.1) is 9.35 Å². The van der Waals surface area contributed by atoms with E-state index in [1.807, 2.05) is 11.0 Å². The van der Waals surface area contributed by atoms with E-state index in [9.17, 15) is 4.79 Å². The van der Waals surface area contributed by atoms with Crippen molar-refractivity contribution in [1.82, 2.24) is 4.90 Å². The first kappa shape index (κ1) is 12.1. The summed E-state index contributed by atoms with van der Waals surface area (Å²) in [6, 6.07) is 2.03. The van der Waals surface area contributed by atoms with Crippen LogP contribution in [0, 0.1) is 0 Å². The van der Waals surface area contributed by atoms with Gasteiger partial charge in [-0.25, -0.2) is 0 Å². The molecule has 1 aliphatic heterocycles. The smallest absolute Gasteiger partial charge is 0.255 e. The first-order valence-corrected chi connectivity index (χ1v) is 7.40. The van der Waals surface area contributed by atoms with Gasteiger partial charge >= 0.3 is 0 Å². The Hall–Kier alpha value is -0.350.